The normalized spacial score (nSPS) is 17.3. The van der Waals surface area contributed by atoms with Crippen molar-refractivity contribution < 1.29 is 27.4 Å². The maximum atomic E-state index is 13.0. The fraction of sp³-hybridized carbons (Fsp3) is 0.435. The number of hydrogen-bond donors (Lipinski definition) is 1. The largest absolute Gasteiger partial charge is 0.493 e. The van der Waals surface area contributed by atoms with Gasteiger partial charge < -0.3 is 19.5 Å². The van der Waals surface area contributed by atoms with Gasteiger partial charge in [0.1, 0.15) is 11.4 Å². The highest BCUT2D eigenvalue weighted by molar-refractivity contribution is 7.89. The van der Waals surface area contributed by atoms with E-state index >= 15 is 0 Å². The molecule has 0 radical (unpaired) electrons. The van der Waals surface area contributed by atoms with Crippen LogP contribution in [0.3, 0.4) is 0 Å². The van der Waals surface area contributed by atoms with Gasteiger partial charge in [-0.3, -0.25) is 4.79 Å². The summed E-state index contributed by atoms with van der Waals surface area (Å²) >= 11 is 0. The standard InChI is InChI=1S/C23H30N2O6S/c1-15-7-9-17-18(13-23(2,3)31-20(17)11-15)24-22(26)14-25(4)32(27,28)16-8-10-19(29-5)21(12-16)30-6/h7-12,18H,13-14H2,1-6H3,(H,24,26)/t18-/m1/s1. The first-order valence-electron chi connectivity index (χ1n) is 10.2. The quantitative estimate of drug-likeness (QED) is 0.680. The first kappa shape index (κ1) is 23.9. The molecule has 8 nitrogen and oxygen atoms in total. The van der Waals surface area contributed by atoms with Gasteiger partial charge in [-0.2, -0.15) is 4.31 Å². The molecule has 1 amide bonds. The predicted molar refractivity (Wildman–Crippen MR) is 121 cm³/mol. The molecular weight excluding hydrogens is 432 g/mol. The van der Waals surface area contributed by atoms with Crippen molar-refractivity contribution in [3.05, 3.63) is 47.5 Å². The summed E-state index contributed by atoms with van der Waals surface area (Å²) in [5.41, 5.74) is 1.48. The molecule has 2 aromatic carbocycles. The van der Waals surface area contributed by atoms with Gasteiger partial charge in [-0.25, -0.2) is 8.42 Å². The Balaban J connectivity index is 1.76. The molecule has 0 aromatic heterocycles. The molecule has 1 aliphatic rings. The number of fused-ring (bicyclic) bond motifs is 1. The monoisotopic (exact) mass is 462 g/mol. The van der Waals surface area contributed by atoms with Crippen LogP contribution in [0.2, 0.25) is 0 Å². The van der Waals surface area contributed by atoms with Crippen LogP contribution in [0.1, 0.15) is 37.4 Å². The maximum absolute atomic E-state index is 13.0. The van der Waals surface area contributed by atoms with Crippen LogP contribution in [0.5, 0.6) is 17.2 Å². The van der Waals surface area contributed by atoms with E-state index in [4.69, 9.17) is 14.2 Å². The molecule has 0 bridgehead atoms. The van der Waals surface area contributed by atoms with E-state index in [2.05, 4.69) is 5.32 Å². The molecule has 1 heterocycles. The zero-order chi connectivity index (χ0) is 23.7. The molecule has 0 aliphatic carbocycles. The highest BCUT2D eigenvalue weighted by Crippen LogP contribution is 2.40. The van der Waals surface area contributed by atoms with Crippen molar-refractivity contribution >= 4 is 15.9 Å². The van der Waals surface area contributed by atoms with Crippen LogP contribution in [0.4, 0.5) is 0 Å². The van der Waals surface area contributed by atoms with Crippen molar-refractivity contribution in [1.29, 1.82) is 0 Å². The Hall–Kier alpha value is -2.78. The smallest absolute Gasteiger partial charge is 0.243 e. The topological polar surface area (TPSA) is 94.2 Å². The summed E-state index contributed by atoms with van der Waals surface area (Å²) in [5, 5.41) is 2.98. The number of aryl methyl sites for hydroxylation is 1. The van der Waals surface area contributed by atoms with Crippen LogP contribution >= 0.6 is 0 Å². The number of nitrogens with zero attached hydrogens (tertiary/aromatic N) is 1. The van der Waals surface area contributed by atoms with Crippen LogP contribution in [0.25, 0.3) is 0 Å². The zero-order valence-corrected chi connectivity index (χ0v) is 20.1. The molecule has 3 rings (SSSR count). The molecule has 1 aliphatic heterocycles. The maximum Gasteiger partial charge on any atom is 0.243 e. The third kappa shape index (κ3) is 4.99. The Labute approximate surface area is 189 Å². The Kier molecular flexibility index (Phi) is 6.71. The lowest BCUT2D eigenvalue weighted by Crippen LogP contribution is -2.44. The van der Waals surface area contributed by atoms with Crippen molar-refractivity contribution in [2.24, 2.45) is 0 Å². The Morgan fingerprint density at radius 2 is 1.84 bits per heavy atom. The minimum atomic E-state index is -3.91. The number of amides is 1. The number of benzene rings is 2. The van der Waals surface area contributed by atoms with Gasteiger partial charge in [-0.15, -0.1) is 0 Å². The third-order valence-electron chi connectivity index (χ3n) is 5.39. The van der Waals surface area contributed by atoms with Gasteiger partial charge in [0.05, 0.1) is 31.7 Å². The summed E-state index contributed by atoms with van der Waals surface area (Å²) in [7, 11) is 0.365. The van der Waals surface area contributed by atoms with Gasteiger partial charge in [0, 0.05) is 25.1 Å². The number of hydrogen-bond acceptors (Lipinski definition) is 6. The Morgan fingerprint density at radius 1 is 1.16 bits per heavy atom. The molecule has 1 atom stereocenters. The molecule has 1 N–H and O–H groups in total. The number of carbonyl (C=O) groups excluding carboxylic acids is 1. The van der Waals surface area contributed by atoms with E-state index in [1.165, 1.54) is 39.5 Å². The summed E-state index contributed by atoms with van der Waals surface area (Å²) < 4.78 is 43.4. The molecule has 0 saturated carbocycles. The lowest BCUT2D eigenvalue weighted by molar-refractivity contribution is -0.122. The van der Waals surface area contributed by atoms with Crippen molar-refractivity contribution in [3.63, 3.8) is 0 Å². The van der Waals surface area contributed by atoms with Crippen molar-refractivity contribution in [2.75, 3.05) is 27.8 Å². The minimum Gasteiger partial charge on any atom is -0.493 e. The molecule has 174 valence electrons. The highest BCUT2D eigenvalue weighted by atomic mass is 32.2. The zero-order valence-electron chi connectivity index (χ0n) is 19.3. The number of nitrogens with one attached hydrogen (secondary N) is 1. The van der Waals surface area contributed by atoms with Gasteiger partial charge in [0.25, 0.3) is 0 Å². The van der Waals surface area contributed by atoms with Crippen LogP contribution in [-0.2, 0) is 14.8 Å². The summed E-state index contributed by atoms with van der Waals surface area (Å²) in [6.45, 7) is 5.58. The fourth-order valence-electron chi connectivity index (χ4n) is 3.77. The van der Waals surface area contributed by atoms with Gasteiger partial charge >= 0.3 is 0 Å². The SMILES string of the molecule is COc1ccc(S(=O)(=O)N(C)CC(=O)N[C@@H]2CC(C)(C)Oc3cc(C)ccc32)cc1OC. The number of carbonyl (C=O) groups is 1. The van der Waals surface area contributed by atoms with E-state index in [9.17, 15) is 13.2 Å². The van der Waals surface area contributed by atoms with E-state index in [1.807, 2.05) is 39.0 Å². The summed E-state index contributed by atoms with van der Waals surface area (Å²) in [6, 6.07) is 9.89. The van der Waals surface area contributed by atoms with Gasteiger partial charge in [0.2, 0.25) is 15.9 Å². The molecule has 0 saturated heterocycles. The van der Waals surface area contributed by atoms with Crippen LogP contribution in [-0.4, -0.2) is 52.0 Å². The molecule has 0 spiro atoms. The molecule has 0 unspecified atom stereocenters. The molecule has 0 fully saturated rings. The van der Waals surface area contributed by atoms with Gasteiger partial charge in [-0.1, -0.05) is 12.1 Å². The summed E-state index contributed by atoms with van der Waals surface area (Å²) in [4.78, 5) is 12.8. The van der Waals surface area contributed by atoms with Crippen LogP contribution in [0, 0.1) is 6.92 Å². The second-order valence-electron chi connectivity index (χ2n) is 8.51. The van der Waals surface area contributed by atoms with Crippen molar-refractivity contribution in [1.82, 2.24) is 9.62 Å². The van der Waals surface area contributed by atoms with Crippen LogP contribution < -0.4 is 19.5 Å². The summed E-state index contributed by atoms with van der Waals surface area (Å²) in [5.74, 6) is 1.05. The van der Waals surface area contributed by atoms with Crippen molar-refractivity contribution in [2.45, 2.75) is 43.7 Å². The number of sulfonamides is 1. The van der Waals surface area contributed by atoms with Gasteiger partial charge in [0.15, 0.2) is 11.5 Å². The Bertz CT molecular complexity index is 1110. The molecule has 32 heavy (non-hydrogen) atoms. The number of rotatable bonds is 7. The fourth-order valence-corrected chi connectivity index (χ4v) is 4.91. The second-order valence-corrected chi connectivity index (χ2v) is 10.6. The van der Waals surface area contributed by atoms with Gasteiger partial charge in [-0.05, 0) is 44.5 Å². The van der Waals surface area contributed by atoms with Crippen LogP contribution in [0.15, 0.2) is 41.3 Å². The van der Waals surface area contributed by atoms with E-state index in [0.29, 0.717) is 17.9 Å². The predicted octanol–water partition coefficient (Wildman–Crippen LogP) is 3.05. The second kappa shape index (κ2) is 8.99. The van der Waals surface area contributed by atoms with Crippen molar-refractivity contribution in [3.8, 4) is 17.2 Å². The average molecular weight is 463 g/mol. The first-order valence-corrected chi connectivity index (χ1v) is 11.7. The third-order valence-corrected chi connectivity index (χ3v) is 7.19. The lowest BCUT2D eigenvalue weighted by atomic mass is 9.89. The number of likely N-dealkylation sites (N-methyl/N-ethyl adjacent to an activating group) is 1. The molecule has 9 heteroatoms. The summed E-state index contributed by atoms with van der Waals surface area (Å²) in [6.07, 6.45) is 0.570. The van der Waals surface area contributed by atoms with E-state index in [-0.39, 0.29) is 17.5 Å². The van der Waals surface area contributed by atoms with E-state index in [1.54, 1.807) is 0 Å². The number of methoxy groups -OCH3 is 2. The minimum absolute atomic E-state index is 0.0125. The lowest BCUT2D eigenvalue weighted by Gasteiger charge is -2.38. The van der Waals surface area contributed by atoms with E-state index in [0.717, 1.165) is 21.2 Å². The Morgan fingerprint density at radius 3 is 2.50 bits per heavy atom. The first-order chi connectivity index (χ1) is 15.0. The average Bonchev–Trinajstić information content (AvgIpc) is 2.71. The number of ether oxygens (including phenoxy) is 3. The molecule has 2 aromatic rings. The highest BCUT2D eigenvalue weighted by Gasteiger charge is 2.35. The van der Waals surface area contributed by atoms with E-state index < -0.39 is 21.5 Å². The molecular formula is C23H30N2O6S.